The zero-order chi connectivity index (χ0) is 15.7. The Morgan fingerprint density at radius 1 is 1.23 bits per heavy atom. The van der Waals surface area contributed by atoms with Gasteiger partial charge < -0.3 is 14.2 Å². The van der Waals surface area contributed by atoms with E-state index >= 15 is 0 Å². The molecule has 0 aliphatic carbocycles. The summed E-state index contributed by atoms with van der Waals surface area (Å²) in [7, 11) is 0. The van der Waals surface area contributed by atoms with Gasteiger partial charge in [-0.3, -0.25) is 9.59 Å². The average molecular weight is 363 g/mol. The van der Waals surface area contributed by atoms with Gasteiger partial charge in [-0.05, 0) is 43.3 Å². The number of amides is 2. The molecule has 0 unspecified atom stereocenters. The summed E-state index contributed by atoms with van der Waals surface area (Å²) in [5.74, 6) is -0.0773. The number of carbonyl (C=O) groups is 2. The van der Waals surface area contributed by atoms with Crippen LogP contribution in [0, 0.1) is 0 Å². The molecular weight excluding hydrogens is 348 g/mol. The van der Waals surface area contributed by atoms with Crippen LogP contribution in [-0.2, 0) is 4.79 Å². The van der Waals surface area contributed by atoms with Crippen LogP contribution in [0.1, 0.15) is 17.5 Å². The monoisotopic (exact) mass is 362 g/mol. The number of nitrogens with zero attached hydrogens (tertiary/aromatic N) is 2. The van der Waals surface area contributed by atoms with Crippen LogP contribution in [0.3, 0.4) is 0 Å². The average Bonchev–Trinajstić information content (AvgIpc) is 3.05. The van der Waals surface area contributed by atoms with Crippen LogP contribution in [0.15, 0.2) is 51.6 Å². The minimum absolute atomic E-state index is 0.0894. The summed E-state index contributed by atoms with van der Waals surface area (Å²) in [6, 6.07) is 10.3. The molecule has 5 nitrogen and oxygen atoms in total. The van der Waals surface area contributed by atoms with E-state index in [1.54, 1.807) is 28.9 Å². The topological polar surface area (TPSA) is 53.8 Å². The summed E-state index contributed by atoms with van der Waals surface area (Å²) < 4.78 is 6.10. The highest BCUT2D eigenvalue weighted by molar-refractivity contribution is 9.10. The maximum absolute atomic E-state index is 12.6. The standard InChI is InChI=1S/C16H15BrN2O3/c1-11-15(20)19(13-6-4-12(17)5-7-13)9-8-18(11)16(21)14-3-2-10-22-14/h2-7,10-11H,8-9H2,1H3/t11-/m1/s1. The predicted octanol–water partition coefficient (Wildman–Crippen LogP) is 2.92. The quantitative estimate of drug-likeness (QED) is 0.825. The van der Waals surface area contributed by atoms with Crippen LogP contribution in [0.2, 0.25) is 0 Å². The lowest BCUT2D eigenvalue weighted by molar-refractivity contribution is -0.124. The second kappa shape index (κ2) is 5.96. The van der Waals surface area contributed by atoms with Crippen molar-refractivity contribution >= 4 is 33.4 Å². The zero-order valence-corrected chi connectivity index (χ0v) is 13.6. The Hall–Kier alpha value is -2.08. The third kappa shape index (κ3) is 2.66. The molecule has 1 aliphatic heterocycles. The fraction of sp³-hybridized carbons (Fsp3) is 0.250. The SMILES string of the molecule is C[C@@H]1C(=O)N(c2ccc(Br)cc2)CCN1C(=O)c1ccco1. The molecule has 2 heterocycles. The summed E-state index contributed by atoms with van der Waals surface area (Å²) >= 11 is 3.38. The molecule has 1 aliphatic rings. The number of hydrogen-bond donors (Lipinski definition) is 0. The highest BCUT2D eigenvalue weighted by Crippen LogP contribution is 2.23. The van der Waals surface area contributed by atoms with Crippen molar-refractivity contribution in [3.8, 4) is 0 Å². The number of hydrogen-bond acceptors (Lipinski definition) is 3. The van der Waals surface area contributed by atoms with Crippen molar-refractivity contribution in [3.05, 3.63) is 52.9 Å². The zero-order valence-electron chi connectivity index (χ0n) is 12.0. The van der Waals surface area contributed by atoms with E-state index in [1.807, 2.05) is 24.3 Å². The van der Waals surface area contributed by atoms with Gasteiger partial charge in [0.1, 0.15) is 6.04 Å². The number of rotatable bonds is 2. The van der Waals surface area contributed by atoms with Crippen LogP contribution >= 0.6 is 15.9 Å². The molecule has 22 heavy (non-hydrogen) atoms. The minimum atomic E-state index is -0.519. The second-order valence-corrected chi connectivity index (χ2v) is 6.03. The van der Waals surface area contributed by atoms with Gasteiger partial charge >= 0.3 is 0 Å². The third-order valence-electron chi connectivity index (χ3n) is 3.79. The van der Waals surface area contributed by atoms with Crippen molar-refractivity contribution in [2.75, 3.05) is 18.0 Å². The molecule has 6 heteroatoms. The summed E-state index contributed by atoms with van der Waals surface area (Å²) in [6.07, 6.45) is 1.46. The molecule has 0 spiro atoms. The predicted molar refractivity (Wildman–Crippen MR) is 85.7 cm³/mol. The van der Waals surface area contributed by atoms with E-state index in [4.69, 9.17) is 4.42 Å². The maximum atomic E-state index is 12.6. The van der Waals surface area contributed by atoms with Crippen molar-refractivity contribution in [1.82, 2.24) is 4.90 Å². The van der Waals surface area contributed by atoms with Crippen LogP contribution in [0.5, 0.6) is 0 Å². The maximum Gasteiger partial charge on any atom is 0.290 e. The Morgan fingerprint density at radius 3 is 2.59 bits per heavy atom. The minimum Gasteiger partial charge on any atom is -0.459 e. The molecule has 1 saturated heterocycles. The molecule has 1 aromatic heterocycles. The number of halogens is 1. The molecule has 1 aromatic carbocycles. The summed E-state index contributed by atoms with van der Waals surface area (Å²) in [4.78, 5) is 28.2. The number of piperazine rings is 1. The molecule has 0 radical (unpaired) electrons. The fourth-order valence-electron chi connectivity index (χ4n) is 2.57. The lowest BCUT2D eigenvalue weighted by Crippen LogP contribution is -2.57. The summed E-state index contributed by atoms with van der Waals surface area (Å²) in [6.45, 7) is 2.69. The number of anilines is 1. The first-order chi connectivity index (χ1) is 10.6. The van der Waals surface area contributed by atoms with Crippen LogP contribution < -0.4 is 4.90 Å². The van der Waals surface area contributed by atoms with E-state index < -0.39 is 6.04 Å². The molecule has 0 bridgehead atoms. The van der Waals surface area contributed by atoms with Crippen molar-refractivity contribution in [2.45, 2.75) is 13.0 Å². The van der Waals surface area contributed by atoms with Crippen molar-refractivity contribution < 1.29 is 14.0 Å². The Bertz CT molecular complexity index is 682. The van der Waals surface area contributed by atoms with Crippen LogP contribution in [-0.4, -0.2) is 35.8 Å². The molecule has 2 aromatic rings. The normalized spacial score (nSPS) is 18.6. The molecular formula is C16H15BrN2O3. The highest BCUT2D eigenvalue weighted by atomic mass is 79.9. The smallest absolute Gasteiger partial charge is 0.290 e. The first-order valence-corrected chi connectivity index (χ1v) is 7.78. The van der Waals surface area contributed by atoms with Gasteiger partial charge in [0, 0.05) is 23.2 Å². The van der Waals surface area contributed by atoms with E-state index in [2.05, 4.69) is 15.9 Å². The number of benzene rings is 1. The Morgan fingerprint density at radius 2 is 1.95 bits per heavy atom. The second-order valence-electron chi connectivity index (χ2n) is 5.12. The van der Waals surface area contributed by atoms with Crippen LogP contribution in [0.4, 0.5) is 5.69 Å². The molecule has 2 amide bonds. The first kappa shape index (κ1) is 14.8. The lowest BCUT2D eigenvalue weighted by Gasteiger charge is -2.38. The van der Waals surface area contributed by atoms with Gasteiger partial charge in [0.25, 0.3) is 5.91 Å². The molecule has 1 fully saturated rings. The van der Waals surface area contributed by atoms with E-state index in [0.29, 0.717) is 13.1 Å². The number of carbonyl (C=O) groups excluding carboxylic acids is 2. The molecule has 0 saturated carbocycles. The van der Waals surface area contributed by atoms with Gasteiger partial charge in [-0.1, -0.05) is 15.9 Å². The molecule has 3 rings (SSSR count). The van der Waals surface area contributed by atoms with Gasteiger partial charge in [-0.15, -0.1) is 0 Å². The lowest BCUT2D eigenvalue weighted by atomic mass is 10.1. The molecule has 0 N–H and O–H groups in total. The highest BCUT2D eigenvalue weighted by Gasteiger charge is 2.36. The van der Waals surface area contributed by atoms with E-state index in [1.165, 1.54) is 6.26 Å². The fourth-order valence-corrected chi connectivity index (χ4v) is 2.83. The van der Waals surface area contributed by atoms with Gasteiger partial charge in [-0.2, -0.15) is 0 Å². The van der Waals surface area contributed by atoms with E-state index in [-0.39, 0.29) is 17.6 Å². The van der Waals surface area contributed by atoms with Gasteiger partial charge in [0.2, 0.25) is 5.91 Å². The van der Waals surface area contributed by atoms with Crippen molar-refractivity contribution in [3.63, 3.8) is 0 Å². The molecule has 114 valence electrons. The Labute approximate surface area is 136 Å². The van der Waals surface area contributed by atoms with Gasteiger partial charge in [-0.25, -0.2) is 0 Å². The largest absolute Gasteiger partial charge is 0.459 e. The van der Waals surface area contributed by atoms with Crippen LogP contribution in [0.25, 0.3) is 0 Å². The van der Waals surface area contributed by atoms with Gasteiger partial charge in [0.15, 0.2) is 5.76 Å². The first-order valence-electron chi connectivity index (χ1n) is 6.99. The van der Waals surface area contributed by atoms with Crippen molar-refractivity contribution in [2.24, 2.45) is 0 Å². The Kier molecular flexibility index (Phi) is 4.02. The molecule has 1 atom stereocenters. The van der Waals surface area contributed by atoms with E-state index in [0.717, 1.165) is 10.2 Å². The number of furan rings is 1. The summed E-state index contributed by atoms with van der Waals surface area (Å²) in [5, 5.41) is 0. The summed E-state index contributed by atoms with van der Waals surface area (Å²) in [5.41, 5.74) is 0.838. The Balaban J connectivity index is 1.78. The van der Waals surface area contributed by atoms with Crippen molar-refractivity contribution in [1.29, 1.82) is 0 Å². The van der Waals surface area contributed by atoms with Gasteiger partial charge in [0.05, 0.1) is 6.26 Å². The third-order valence-corrected chi connectivity index (χ3v) is 4.32. The van der Waals surface area contributed by atoms with E-state index in [9.17, 15) is 9.59 Å².